The van der Waals surface area contributed by atoms with Gasteiger partial charge in [-0.05, 0) is 30.9 Å². The van der Waals surface area contributed by atoms with E-state index in [0.29, 0.717) is 17.0 Å². The van der Waals surface area contributed by atoms with Crippen LogP contribution in [0.25, 0.3) is 0 Å². The Hall–Kier alpha value is -0.730. The Morgan fingerprint density at radius 1 is 1.35 bits per heavy atom. The van der Waals surface area contributed by atoms with Gasteiger partial charge >= 0.3 is 0 Å². The van der Waals surface area contributed by atoms with Crippen LogP contribution in [-0.4, -0.2) is 18.7 Å². The second-order valence-electron chi connectivity index (χ2n) is 5.01. The van der Waals surface area contributed by atoms with E-state index in [0.717, 1.165) is 12.3 Å². The molecule has 0 bridgehead atoms. The molecule has 1 N–H and O–H groups in total. The van der Waals surface area contributed by atoms with Crippen molar-refractivity contribution in [1.29, 1.82) is 0 Å². The SMILES string of the molecule is CC(C)C(CNC1CC1)Oc1ccccc1Cl. The third-order valence-corrected chi connectivity index (χ3v) is 3.36. The lowest BCUT2D eigenvalue weighted by Gasteiger charge is -2.23. The van der Waals surface area contributed by atoms with Crippen LogP contribution in [0, 0.1) is 5.92 Å². The predicted molar refractivity (Wildman–Crippen MR) is 71.7 cm³/mol. The molecule has 1 aliphatic carbocycles. The highest BCUT2D eigenvalue weighted by atomic mass is 35.5. The van der Waals surface area contributed by atoms with Crippen molar-refractivity contribution < 1.29 is 4.74 Å². The number of rotatable bonds is 6. The lowest BCUT2D eigenvalue weighted by Crippen LogP contribution is -2.36. The summed E-state index contributed by atoms with van der Waals surface area (Å²) in [6.07, 6.45) is 2.78. The standard InChI is InChI=1S/C14H20ClNO/c1-10(2)14(9-16-11-7-8-11)17-13-6-4-3-5-12(13)15/h3-6,10-11,14,16H,7-9H2,1-2H3. The summed E-state index contributed by atoms with van der Waals surface area (Å²) in [5.41, 5.74) is 0. The molecule has 0 amide bonds. The van der Waals surface area contributed by atoms with Gasteiger partial charge in [-0.3, -0.25) is 0 Å². The van der Waals surface area contributed by atoms with Gasteiger partial charge in [-0.15, -0.1) is 0 Å². The van der Waals surface area contributed by atoms with E-state index in [2.05, 4.69) is 19.2 Å². The summed E-state index contributed by atoms with van der Waals surface area (Å²) >= 11 is 6.10. The maximum Gasteiger partial charge on any atom is 0.138 e. The number of halogens is 1. The number of benzene rings is 1. The zero-order chi connectivity index (χ0) is 12.3. The predicted octanol–water partition coefficient (Wildman–Crippen LogP) is 3.50. The van der Waals surface area contributed by atoms with Crippen molar-refractivity contribution in [1.82, 2.24) is 5.32 Å². The number of hydrogen-bond acceptors (Lipinski definition) is 2. The van der Waals surface area contributed by atoms with E-state index in [1.165, 1.54) is 12.8 Å². The minimum Gasteiger partial charge on any atom is -0.487 e. The first-order valence-corrected chi connectivity index (χ1v) is 6.69. The fourth-order valence-electron chi connectivity index (χ4n) is 1.69. The van der Waals surface area contributed by atoms with Crippen LogP contribution in [-0.2, 0) is 0 Å². The van der Waals surface area contributed by atoms with Crippen LogP contribution in [0.5, 0.6) is 5.75 Å². The van der Waals surface area contributed by atoms with Gasteiger partial charge in [-0.2, -0.15) is 0 Å². The Labute approximate surface area is 108 Å². The van der Waals surface area contributed by atoms with Crippen molar-refractivity contribution in [3.63, 3.8) is 0 Å². The van der Waals surface area contributed by atoms with E-state index < -0.39 is 0 Å². The summed E-state index contributed by atoms with van der Waals surface area (Å²) in [4.78, 5) is 0. The maximum absolute atomic E-state index is 6.10. The highest BCUT2D eigenvalue weighted by Crippen LogP contribution is 2.26. The molecule has 0 aliphatic heterocycles. The van der Waals surface area contributed by atoms with E-state index in [1.807, 2.05) is 24.3 Å². The molecule has 1 aliphatic rings. The molecule has 1 atom stereocenters. The molecule has 0 spiro atoms. The first-order chi connectivity index (χ1) is 8.16. The third-order valence-electron chi connectivity index (χ3n) is 3.04. The van der Waals surface area contributed by atoms with E-state index in [-0.39, 0.29) is 6.10 Å². The average Bonchev–Trinajstić information content (AvgIpc) is 3.10. The number of nitrogens with one attached hydrogen (secondary N) is 1. The van der Waals surface area contributed by atoms with Crippen LogP contribution in [0.3, 0.4) is 0 Å². The molecule has 94 valence electrons. The summed E-state index contributed by atoms with van der Waals surface area (Å²) < 4.78 is 5.99. The maximum atomic E-state index is 6.10. The molecule has 0 aromatic heterocycles. The number of para-hydroxylation sites is 1. The molecular weight excluding hydrogens is 234 g/mol. The van der Waals surface area contributed by atoms with Crippen molar-refractivity contribution in [2.24, 2.45) is 5.92 Å². The van der Waals surface area contributed by atoms with E-state index in [9.17, 15) is 0 Å². The van der Waals surface area contributed by atoms with Crippen molar-refractivity contribution in [2.75, 3.05) is 6.54 Å². The van der Waals surface area contributed by atoms with Crippen LogP contribution >= 0.6 is 11.6 Å². The van der Waals surface area contributed by atoms with Crippen molar-refractivity contribution in [2.45, 2.75) is 38.8 Å². The minimum absolute atomic E-state index is 0.176. The molecule has 2 nitrogen and oxygen atoms in total. The van der Waals surface area contributed by atoms with Gasteiger partial charge in [0.2, 0.25) is 0 Å². The van der Waals surface area contributed by atoms with Crippen LogP contribution < -0.4 is 10.1 Å². The summed E-state index contributed by atoms with van der Waals surface area (Å²) in [7, 11) is 0. The highest BCUT2D eigenvalue weighted by Gasteiger charge is 2.24. The van der Waals surface area contributed by atoms with Gasteiger partial charge in [-0.25, -0.2) is 0 Å². The Bertz CT molecular complexity index is 363. The summed E-state index contributed by atoms with van der Waals surface area (Å²) in [6, 6.07) is 8.37. The normalized spacial score (nSPS) is 17.2. The van der Waals surface area contributed by atoms with Crippen molar-refractivity contribution >= 4 is 11.6 Å². The fourth-order valence-corrected chi connectivity index (χ4v) is 1.87. The van der Waals surface area contributed by atoms with Gasteiger partial charge in [0.1, 0.15) is 11.9 Å². The van der Waals surface area contributed by atoms with Gasteiger partial charge in [0.15, 0.2) is 0 Å². The van der Waals surface area contributed by atoms with Crippen molar-refractivity contribution in [3.05, 3.63) is 29.3 Å². The van der Waals surface area contributed by atoms with Gasteiger partial charge in [0.05, 0.1) is 5.02 Å². The smallest absolute Gasteiger partial charge is 0.138 e. The van der Waals surface area contributed by atoms with Gasteiger partial charge in [-0.1, -0.05) is 37.6 Å². The second-order valence-corrected chi connectivity index (χ2v) is 5.42. The molecule has 2 rings (SSSR count). The first kappa shape index (κ1) is 12.7. The quantitative estimate of drug-likeness (QED) is 0.838. The van der Waals surface area contributed by atoms with Crippen LogP contribution in [0.1, 0.15) is 26.7 Å². The van der Waals surface area contributed by atoms with E-state index in [1.54, 1.807) is 0 Å². The van der Waals surface area contributed by atoms with Crippen LogP contribution in [0.4, 0.5) is 0 Å². The van der Waals surface area contributed by atoms with Crippen LogP contribution in [0.2, 0.25) is 5.02 Å². The lowest BCUT2D eigenvalue weighted by atomic mass is 10.1. The molecule has 17 heavy (non-hydrogen) atoms. The summed E-state index contributed by atoms with van der Waals surface area (Å²) in [6.45, 7) is 5.25. The molecule has 0 heterocycles. The molecule has 1 aromatic rings. The fraction of sp³-hybridized carbons (Fsp3) is 0.571. The Balaban J connectivity index is 1.93. The molecule has 1 fully saturated rings. The number of ether oxygens (including phenoxy) is 1. The van der Waals surface area contributed by atoms with Gasteiger partial charge < -0.3 is 10.1 Å². The molecule has 1 saturated carbocycles. The first-order valence-electron chi connectivity index (χ1n) is 6.31. The molecule has 0 saturated heterocycles. The molecular formula is C14H20ClNO. The molecule has 3 heteroatoms. The van der Waals surface area contributed by atoms with Crippen molar-refractivity contribution in [3.8, 4) is 5.75 Å². The average molecular weight is 254 g/mol. The highest BCUT2D eigenvalue weighted by molar-refractivity contribution is 6.32. The summed E-state index contributed by atoms with van der Waals surface area (Å²) in [5.74, 6) is 1.25. The Morgan fingerprint density at radius 3 is 2.65 bits per heavy atom. The molecule has 1 unspecified atom stereocenters. The third kappa shape index (κ3) is 3.90. The molecule has 1 aromatic carbocycles. The van der Waals surface area contributed by atoms with E-state index in [4.69, 9.17) is 16.3 Å². The van der Waals surface area contributed by atoms with Crippen LogP contribution in [0.15, 0.2) is 24.3 Å². The Kier molecular flexibility index (Phi) is 4.30. The Morgan fingerprint density at radius 2 is 2.06 bits per heavy atom. The zero-order valence-corrected chi connectivity index (χ0v) is 11.2. The van der Waals surface area contributed by atoms with Gasteiger partial charge in [0.25, 0.3) is 0 Å². The monoisotopic (exact) mass is 253 g/mol. The molecule has 0 radical (unpaired) electrons. The van der Waals surface area contributed by atoms with Gasteiger partial charge in [0, 0.05) is 12.6 Å². The lowest BCUT2D eigenvalue weighted by molar-refractivity contribution is 0.148. The number of hydrogen-bond donors (Lipinski definition) is 1. The van der Waals surface area contributed by atoms with E-state index >= 15 is 0 Å². The topological polar surface area (TPSA) is 21.3 Å². The minimum atomic E-state index is 0.176. The zero-order valence-electron chi connectivity index (χ0n) is 10.4. The second kappa shape index (κ2) is 5.74. The summed E-state index contributed by atoms with van der Waals surface area (Å²) in [5, 5.41) is 4.19. The largest absolute Gasteiger partial charge is 0.487 e.